The summed E-state index contributed by atoms with van der Waals surface area (Å²) in [6.45, 7) is 4.13. The first-order valence-corrected chi connectivity index (χ1v) is 7.95. The first-order valence-electron chi connectivity index (χ1n) is 7.54. The van der Waals surface area contributed by atoms with Crippen LogP contribution in [0.1, 0.15) is 23.6 Å². The van der Waals surface area contributed by atoms with E-state index in [1.165, 1.54) is 18.7 Å². The van der Waals surface area contributed by atoms with Crippen LogP contribution in [0, 0.1) is 12.7 Å². The van der Waals surface area contributed by atoms with Gasteiger partial charge in [-0.3, -0.25) is 5.21 Å². The van der Waals surface area contributed by atoms with Gasteiger partial charge in [-0.25, -0.2) is 4.39 Å². The van der Waals surface area contributed by atoms with E-state index in [0.29, 0.717) is 16.4 Å². The lowest BCUT2D eigenvalue weighted by molar-refractivity contribution is 0.260. The summed E-state index contributed by atoms with van der Waals surface area (Å²) in [6.07, 6.45) is 0.948. The first kappa shape index (κ1) is 18.2. The van der Waals surface area contributed by atoms with Crippen molar-refractivity contribution < 1.29 is 19.1 Å². The summed E-state index contributed by atoms with van der Waals surface area (Å²) in [5.74, 6) is 0.0947. The Morgan fingerprint density at radius 1 is 1.29 bits per heavy atom. The van der Waals surface area contributed by atoms with Crippen molar-refractivity contribution >= 4 is 23.1 Å². The molecule has 0 heterocycles. The van der Waals surface area contributed by atoms with Crippen LogP contribution < -0.4 is 9.80 Å². The van der Waals surface area contributed by atoms with Crippen LogP contribution in [0.5, 0.6) is 5.75 Å². The minimum atomic E-state index is -0.615. The van der Waals surface area contributed by atoms with Crippen LogP contribution >= 0.6 is 12.2 Å². The van der Waals surface area contributed by atoms with E-state index in [9.17, 15) is 9.60 Å². The van der Waals surface area contributed by atoms with Crippen LogP contribution in [0.4, 0.5) is 10.1 Å². The van der Waals surface area contributed by atoms with E-state index in [1.807, 2.05) is 19.1 Å². The number of halogens is 1. The maximum Gasteiger partial charge on any atom is 0.288 e. The Morgan fingerprint density at radius 2 is 2.04 bits per heavy atom. The molecule has 0 amide bonds. The number of hydroxylamine groups is 1. The molecule has 0 saturated carbocycles. The fourth-order valence-corrected chi connectivity index (χ4v) is 2.43. The van der Waals surface area contributed by atoms with Crippen LogP contribution in [0.2, 0.25) is 0 Å². The van der Waals surface area contributed by atoms with Crippen molar-refractivity contribution in [2.75, 3.05) is 12.2 Å². The molecular weight excluding hydrogens is 329 g/mol. The lowest BCUT2D eigenvalue weighted by atomic mass is 10.1. The van der Waals surface area contributed by atoms with Crippen molar-refractivity contribution in [3.8, 4) is 5.75 Å². The van der Waals surface area contributed by atoms with Crippen molar-refractivity contribution in [1.29, 1.82) is 0 Å². The van der Waals surface area contributed by atoms with Gasteiger partial charge in [0.1, 0.15) is 23.9 Å². The van der Waals surface area contributed by atoms with Crippen molar-refractivity contribution in [2.45, 2.75) is 26.9 Å². The van der Waals surface area contributed by atoms with Crippen molar-refractivity contribution in [1.82, 2.24) is 0 Å². The highest BCUT2D eigenvalue weighted by molar-refractivity contribution is 7.80. The third-order valence-electron chi connectivity index (χ3n) is 3.66. The van der Waals surface area contributed by atoms with Gasteiger partial charge in [0.15, 0.2) is 0 Å². The highest BCUT2D eigenvalue weighted by atomic mass is 32.1. The van der Waals surface area contributed by atoms with Gasteiger partial charge in [0, 0.05) is 5.56 Å². The number of para-hydroxylation sites is 1. The molecule has 0 unspecified atom stereocenters. The monoisotopic (exact) mass is 349 g/mol. The van der Waals surface area contributed by atoms with Gasteiger partial charge in [-0.1, -0.05) is 31.2 Å². The largest absolute Gasteiger partial charge is 0.489 e. The Morgan fingerprint density at radius 3 is 2.67 bits per heavy atom. The molecule has 24 heavy (non-hydrogen) atoms. The molecule has 0 radical (unpaired) electrons. The zero-order chi connectivity index (χ0) is 17.7. The van der Waals surface area contributed by atoms with Gasteiger partial charge in [0.2, 0.25) is 0 Å². The summed E-state index contributed by atoms with van der Waals surface area (Å²) in [7, 11) is 1.31. The molecule has 0 atom stereocenters. The molecule has 2 aromatic rings. The van der Waals surface area contributed by atoms with Gasteiger partial charge in [0.25, 0.3) is 5.17 Å². The predicted molar refractivity (Wildman–Crippen MR) is 95.2 cm³/mol. The number of hydrogen-bond donors (Lipinski definition) is 1. The van der Waals surface area contributed by atoms with Gasteiger partial charge in [-0.2, -0.15) is 5.06 Å². The number of aryl methyl sites for hydroxylation is 2. The average Bonchev–Trinajstić information content (AvgIpc) is 2.59. The second kappa shape index (κ2) is 8.08. The molecule has 0 bridgehead atoms. The molecular formula is C18H20FNO3S. The number of hydrogen-bond acceptors (Lipinski definition) is 4. The van der Waals surface area contributed by atoms with E-state index >= 15 is 0 Å². The molecule has 2 aromatic carbocycles. The summed E-state index contributed by atoms with van der Waals surface area (Å²) in [6, 6.07) is 10.4. The molecule has 0 saturated heterocycles. The van der Waals surface area contributed by atoms with Crippen LogP contribution in [0.25, 0.3) is 0 Å². The standard InChI is InChI=1S/C18H20FNO3S/c1-4-13-8-9-16(12(2)10-13)23-11-14-6-5-7-15(19)17(14)20(21)18(24)22-3/h5-10,21H,4,11H2,1-3H3. The van der Waals surface area contributed by atoms with Crippen LogP contribution in [-0.4, -0.2) is 17.5 Å². The molecule has 1 N–H and O–H groups in total. The number of thiocarbonyl (C=S) groups is 1. The summed E-state index contributed by atoms with van der Waals surface area (Å²) in [5.41, 5.74) is 2.60. The van der Waals surface area contributed by atoms with E-state index in [-0.39, 0.29) is 17.5 Å². The maximum atomic E-state index is 14.1. The summed E-state index contributed by atoms with van der Waals surface area (Å²) >= 11 is 4.85. The van der Waals surface area contributed by atoms with Gasteiger partial charge < -0.3 is 9.47 Å². The Kier molecular flexibility index (Phi) is 6.11. The zero-order valence-corrected chi connectivity index (χ0v) is 14.7. The Labute approximate surface area is 146 Å². The van der Waals surface area contributed by atoms with Gasteiger partial charge in [-0.15, -0.1) is 0 Å². The van der Waals surface area contributed by atoms with E-state index in [2.05, 4.69) is 13.0 Å². The molecule has 0 aliphatic rings. The second-order valence-corrected chi connectivity index (χ2v) is 5.62. The summed E-state index contributed by atoms with van der Waals surface area (Å²) in [4.78, 5) is 0. The highest BCUT2D eigenvalue weighted by Gasteiger charge is 2.19. The molecule has 0 aliphatic carbocycles. The predicted octanol–water partition coefficient (Wildman–Crippen LogP) is 4.40. The van der Waals surface area contributed by atoms with Gasteiger partial charge in [-0.05, 0) is 48.8 Å². The first-order chi connectivity index (χ1) is 11.5. The minimum Gasteiger partial charge on any atom is -0.489 e. The minimum absolute atomic E-state index is 0.0767. The van der Waals surface area contributed by atoms with Crippen molar-refractivity contribution in [3.63, 3.8) is 0 Å². The lowest BCUT2D eigenvalue weighted by Crippen LogP contribution is -2.28. The molecule has 0 spiro atoms. The quantitative estimate of drug-likeness (QED) is 0.640. The van der Waals surface area contributed by atoms with Gasteiger partial charge >= 0.3 is 0 Å². The van der Waals surface area contributed by atoms with Gasteiger partial charge in [0.05, 0.1) is 7.11 Å². The second-order valence-electron chi connectivity index (χ2n) is 5.27. The topological polar surface area (TPSA) is 41.9 Å². The third-order valence-corrected chi connectivity index (χ3v) is 4.00. The molecule has 4 nitrogen and oxygen atoms in total. The van der Waals surface area contributed by atoms with Crippen LogP contribution in [0.3, 0.4) is 0 Å². The van der Waals surface area contributed by atoms with Crippen molar-refractivity contribution in [2.24, 2.45) is 0 Å². The Balaban J connectivity index is 2.24. The number of ether oxygens (including phenoxy) is 2. The molecule has 0 fully saturated rings. The number of anilines is 1. The molecule has 0 aliphatic heterocycles. The Hall–Kier alpha value is -2.18. The highest BCUT2D eigenvalue weighted by Crippen LogP contribution is 2.27. The summed E-state index contributed by atoms with van der Waals surface area (Å²) in [5, 5.41) is 10.3. The van der Waals surface area contributed by atoms with Crippen LogP contribution in [0.15, 0.2) is 36.4 Å². The number of methoxy groups -OCH3 is 1. The van der Waals surface area contributed by atoms with Crippen molar-refractivity contribution in [3.05, 3.63) is 58.9 Å². The zero-order valence-electron chi connectivity index (χ0n) is 13.9. The maximum absolute atomic E-state index is 14.1. The molecule has 2 rings (SSSR count). The molecule has 6 heteroatoms. The smallest absolute Gasteiger partial charge is 0.288 e. The fraction of sp³-hybridized carbons (Fsp3) is 0.278. The number of benzene rings is 2. The van der Waals surface area contributed by atoms with E-state index in [0.717, 1.165) is 12.0 Å². The SMILES string of the molecule is CCc1ccc(OCc2cccc(F)c2N(O)C(=S)OC)c(C)c1. The normalized spacial score (nSPS) is 10.4. The Bertz CT molecular complexity index is 736. The van der Waals surface area contributed by atoms with E-state index < -0.39 is 5.82 Å². The number of rotatable bonds is 5. The fourth-order valence-electron chi connectivity index (χ4n) is 2.34. The van der Waals surface area contributed by atoms with Crippen LogP contribution in [-0.2, 0) is 17.8 Å². The lowest BCUT2D eigenvalue weighted by Gasteiger charge is -2.20. The average molecular weight is 349 g/mol. The summed E-state index contributed by atoms with van der Waals surface area (Å²) < 4.78 is 24.7. The molecule has 128 valence electrons. The number of nitrogens with zero attached hydrogens (tertiary/aromatic N) is 1. The van der Waals surface area contributed by atoms with E-state index in [1.54, 1.807) is 12.1 Å². The van der Waals surface area contributed by atoms with E-state index in [4.69, 9.17) is 21.7 Å². The molecule has 0 aromatic heterocycles. The third kappa shape index (κ3) is 4.01.